The number of halogens is 1. The minimum atomic E-state index is -0.274. The number of amides is 1. The second-order valence-corrected chi connectivity index (χ2v) is 4.88. The standard InChI is InChI=1S/C14H18ClN3O/c1-5-18(10(2)14(19)17(3)4)12-7-6-11(9-16)13(15)8-12/h6-8,10H,5H2,1-4H3. The lowest BCUT2D eigenvalue weighted by molar-refractivity contribution is -0.129. The minimum absolute atomic E-state index is 0.0299. The highest BCUT2D eigenvalue weighted by Crippen LogP contribution is 2.24. The largest absolute Gasteiger partial charge is 0.360 e. The third-order valence-corrected chi connectivity index (χ3v) is 3.32. The summed E-state index contributed by atoms with van der Waals surface area (Å²) in [7, 11) is 3.47. The van der Waals surface area contributed by atoms with Crippen LogP contribution in [0.5, 0.6) is 0 Å². The Morgan fingerprint density at radius 1 is 1.47 bits per heavy atom. The van der Waals surface area contributed by atoms with E-state index in [9.17, 15) is 4.79 Å². The van der Waals surface area contributed by atoms with Crippen LogP contribution in [0.4, 0.5) is 5.69 Å². The van der Waals surface area contributed by atoms with Crippen LogP contribution in [-0.4, -0.2) is 37.5 Å². The number of hydrogen-bond donors (Lipinski definition) is 0. The van der Waals surface area contributed by atoms with Crippen molar-refractivity contribution in [1.29, 1.82) is 5.26 Å². The molecule has 0 fully saturated rings. The molecule has 0 bridgehead atoms. The number of carbonyl (C=O) groups excluding carboxylic acids is 1. The molecule has 0 radical (unpaired) electrons. The van der Waals surface area contributed by atoms with E-state index in [0.717, 1.165) is 5.69 Å². The Hall–Kier alpha value is -1.73. The molecule has 0 heterocycles. The predicted octanol–water partition coefficient (Wildman–Crippen LogP) is 2.51. The monoisotopic (exact) mass is 279 g/mol. The third-order valence-electron chi connectivity index (χ3n) is 3.01. The van der Waals surface area contributed by atoms with Crippen LogP contribution in [0.2, 0.25) is 5.02 Å². The summed E-state index contributed by atoms with van der Waals surface area (Å²) in [4.78, 5) is 15.5. The summed E-state index contributed by atoms with van der Waals surface area (Å²) in [5.41, 5.74) is 1.28. The van der Waals surface area contributed by atoms with Crippen LogP contribution in [0.15, 0.2) is 18.2 Å². The molecule has 102 valence electrons. The van der Waals surface area contributed by atoms with Crippen molar-refractivity contribution < 1.29 is 4.79 Å². The Bertz CT molecular complexity index is 508. The Balaban J connectivity index is 3.07. The fraction of sp³-hybridized carbons (Fsp3) is 0.429. The van der Waals surface area contributed by atoms with Crippen LogP contribution in [0, 0.1) is 11.3 Å². The first kappa shape index (κ1) is 15.3. The maximum atomic E-state index is 12.0. The van der Waals surface area contributed by atoms with Crippen molar-refractivity contribution in [3.05, 3.63) is 28.8 Å². The fourth-order valence-corrected chi connectivity index (χ4v) is 2.18. The maximum absolute atomic E-state index is 12.0. The van der Waals surface area contributed by atoms with Crippen molar-refractivity contribution in [3.63, 3.8) is 0 Å². The molecule has 19 heavy (non-hydrogen) atoms. The first-order valence-corrected chi connectivity index (χ1v) is 6.47. The highest BCUT2D eigenvalue weighted by atomic mass is 35.5. The second kappa shape index (κ2) is 6.44. The van der Waals surface area contributed by atoms with Crippen molar-refractivity contribution in [3.8, 4) is 6.07 Å². The van der Waals surface area contributed by atoms with Gasteiger partial charge in [0, 0.05) is 26.3 Å². The van der Waals surface area contributed by atoms with Crippen LogP contribution < -0.4 is 4.90 Å². The SMILES string of the molecule is CCN(c1ccc(C#N)c(Cl)c1)C(C)C(=O)N(C)C. The molecule has 1 atom stereocenters. The molecule has 0 saturated heterocycles. The van der Waals surface area contributed by atoms with Crippen molar-refractivity contribution >= 4 is 23.2 Å². The zero-order valence-corrected chi connectivity index (χ0v) is 12.4. The van der Waals surface area contributed by atoms with E-state index in [1.807, 2.05) is 30.9 Å². The number of nitrogens with zero attached hydrogens (tertiary/aromatic N) is 3. The molecule has 4 nitrogen and oxygen atoms in total. The molecule has 1 aromatic rings. The molecule has 0 aliphatic rings. The zero-order valence-electron chi connectivity index (χ0n) is 11.6. The van der Waals surface area contributed by atoms with Gasteiger partial charge in [-0.15, -0.1) is 0 Å². The van der Waals surface area contributed by atoms with Crippen LogP contribution in [0.3, 0.4) is 0 Å². The molecule has 5 heteroatoms. The number of nitriles is 1. The number of rotatable bonds is 4. The summed E-state index contributed by atoms with van der Waals surface area (Å²) >= 11 is 6.03. The summed E-state index contributed by atoms with van der Waals surface area (Å²) in [6.07, 6.45) is 0. The van der Waals surface area contributed by atoms with E-state index in [4.69, 9.17) is 16.9 Å². The van der Waals surface area contributed by atoms with Crippen LogP contribution in [0.1, 0.15) is 19.4 Å². The molecule has 0 saturated carbocycles. The van der Waals surface area contributed by atoms with Crippen molar-refractivity contribution in [1.82, 2.24) is 4.90 Å². The van der Waals surface area contributed by atoms with Gasteiger partial charge in [0.25, 0.3) is 0 Å². The van der Waals surface area contributed by atoms with Crippen LogP contribution >= 0.6 is 11.6 Å². The molecule has 0 aliphatic heterocycles. The van der Waals surface area contributed by atoms with Gasteiger partial charge in [-0.3, -0.25) is 4.79 Å². The highest BCUT2D eigenvalue weighted by molar-refractivity contribution is 6.32. The van der Waals surface area contributed by atoms with Crippen LogP contribution in [-0.2, 0) is 4.79 Å². The van der Waals surface area contributed by atoms with Gasteiger partial charge in [-0.2, -0.15) is 5.26 Å². The van der Waals surface area contributed by atoms with E-state index in [1.54, 1.807) is 31.1 Å². The van der Waals surface area contributed by atoms with Gasteiger partial charge in [-0.1, -0.05) is 11.6 Å². The van der Waals surface area contributed by atoms with E-state index in [0.29, 0.717) is 17.1 Å². The van der Waals surface area contributed by atoms with Crippen molar-refractivity contribution in [2.75, 3.05) is 25.5 Å². The average Bonchev–Trinajstić information content (AvgIpc) is 2.38. The zero-order chi connectivity index (χ0) is 14.6. The summed E-state index contributed by atoms with van der Waals surface area (Å²) in [5.74, 6) is 0.0299. The lowest BCUT2D eigenvalue weighted by atomic mass is 10.1. The number of carbonyl (C=O) groups is 1. The quantitative estimate of drug-likeness (QED) is 0.851. The van der Waals surface area contributed by atoms with Gasteiger partial charge < -0.3 is 9.80 Å². The number of benzene rings is 1. The van der Waals surface area contributed by atoms with E-state index >= 15 is 0 Å². The molecule has 0 N–H and O–H groups in total. The van der Waals surface area contributed by atoms with Crippen LogP contribution in [0.25, 0.3) is 0 Å². The molecule has 1 rings (SSSR count). The second-order valence-electron chi connectivity index (χ2n) is 4.47. The first-order valence-electron chi connectivity index (χ1n) is 6.09. The van der Waals surface area contributed by atoms with Gasteiger partial charge in [0.1, 0.15) is 12.1 Å². The molecule has 0 aliphatic carbocycles. The molecule has 0 aromatic heterocycles. The lowest BCUT2D eigenvalue weighted by Gasteiger charge is -2.31. The first-order chi connectivity index (χ1) is 8.92. The third kappa shape index (κ3) is 3.39. The summed E-state index contributed by atoms with van der Waals surface area (Å²) in [6.45, 7) is 4.52. The molecule has 1 amide bonds. The van der Waals surface area contributed by atoms with Gasteiger partial charge in [0.2, 0.25) is 5.91 Å². The molecule has 1 unspecified atom stereocenters. The fourth-order valence-electron chi connectivity index (χ4n) is 1.96. The molecule has 0 spiro atoms. The lowest BCUT2D eigenvalue weighted by Crippen LogP contribution is -2.44. The van der Waals surface area contributed by atoms with E-state index < -0.39 is 0 Å². The summed E-state index contributed by atoms with van der Waals surface area (Å²) in [6, 6.07) is 6.96. The Kier molecular flexibility index (Phi) is 5.20. The minimum Gasteiger partial charge on any atom is -0.360 e. The summed E-state index contributed by atoms with van der Waals surface area (Å²) in [5, 5.41) is 9.27. The smallest absolute Gasteiger partial charge is 0.244 e. The van der Waals surface area contributed by atoms with Crippen molar-refractivity contribution in [2.45, 2.75) is 19.9 Å². The van der Waals surface area contributed by atoms with E-state index in [2.05, 4.69) is 0 Å². The number of anilines is 1. The van der Waals surface area contributed by atoms with Gasteiger partial charge in [-0.25, -0.2) is 0 Å². The van der Waals surface area contributed by atoms with E-state index in [1.165, 1.54) is 0 Å². The normalized spacial score (nSPS) is 11.6. The Morgan fingerprint density at radius 3 is 2.53 bits per heavy atom. The van der Waals surface area contributed by atoms with Gasteiger partial charge >= 0.3 is 0 Å². The maximum Gasteiger partial charge on any atom is 0.244 e. The Labute approximate surface area is 119 Å². The average molecular weight is 280 g/mol. The predicted molar refractivity (Wildman–Crippen MR) is 77.3 cm³/mol. The highest BCUT2D eigenvalue weighted by Gasteiger charge is 2.22. The van der Waals surface area contributed by atoms with Gasteiger partial charge in [0.05, 0.1) is 10.6 Å². The van der Waals surface area contributed by atoms with E-state index in [-0.39, 0.29) is 11.9 Å². The van der Waals surface area contributed by atoms with Crippen molar-refractivity contribution in [2.24, 2.45) is 0 Å². The topological polar surface area (TPSA) is 47.3 Å². The number of likely N-dealkylation sites (N-methyl/N-ethyl adjacent to an activating group) is 2. The molecular formula is C14H18ClN3O. The Morgan fingerprint density at radius 2 is 2.11 bits per heavy atom. The molecule has 1 aromatic carbocycles. The molecular weight excluding hydrogens is 262 g/mol. The van der Waals surface area contributed by atoms with Gasteiger partial charge in [0.15, 0.2) is 0 Å². The number of hydrogen-bond acceptors (Lipinski definition) is 3. The van der Waals surface area contributed by atoms with Gasteiger partial charge in [-0.05, 0) is 32.0 Å². The summed E-state index contributed by atoms with van der Waals surface area (Å²) < 4.78 is 0.